The summed E-state index contributed by atoms with van der Waals surface area (Å²) in [6.45, 7) is 2.09. The molecule has 19 heavy (non-hydrogen) atoms. The van der Waals surface area contributed by atoms with Crippen LogP contribution in [-0.4, -0.2) is 16.0 Å². The topological polar surface area (TPSA) is 51.8 Å². The Hall–Kier alpha value is -1.10. The summed E-state index contributed by atoms with van der Waals surface area (Å²) in [5, 5.41) is 1.61. The van der Waals surface area contributed by atoms with Crippen LogP contribution in [-0.2, 0) is 6.42 Å². The molecular formula is C14H16ClN3S. The fourth-order valence-corrected chi connectivity index (χ4v) is 2.74. The third-order valence-electron chi connectivity index (χ3n) is 2.78. The molecule has 2 rings (SSSR count). The zero-order valence-corrected chi connectivity index (χ0v) is 12.3. The standard InChI is InChI=1S/C14H16ClN3S/c1-2-12(16)8-10-7-11(15)3-4-13(10)19-14-9-17-5-6-18-14/h3-7,9,12H,2,8,16H2,1H3. The van der Waals surface area contributed by atoms with E-state index in [1.165, 1.54) is 0 Å². The Morgan fingerprint density at radius 3 is 2.89 bits per heavy atom. The zero-order valence-electron chi connectivity index (χ0n) is 10.7. The van der Waals surface area contributed by atoms with Gasteiger partial charge in [-0.2, -0.15) is 0 Å². The minimum atomic E-state index is 0.152. The summed E-state index contributed by atoms with van der Waals surface area (Å²) in [6, 6.07) is 6.04. The maximum Gasteiger partial charge on any atom is 0.119 e. The third kappa shape index (κ3) is 4.20. The summed E-state index contributed by atoms with van der Waals surface area (Å²) in [5.74, 6) is 0. The average Bonchev–Trinajstić information content (AvgIpc) is 2.43. The lowest BCUT2D eigenvalue weighted by Gasteiger charge is -2.13. The molecule has 2 aromatic rings. The number of aromatic nitrogens is 2. The minimum absolute atomic E-state index is 0.152. The van der Waals surface area contributed by atoms with Crippen LogP contribution in [0.4, 0.5) is 0 Å². The van der Waals surface area contributed by atoms with E-state index in [9.17, 15) is 0 Å². The summed E-state index contributed by atoms with van der Waals surface area (Å²) in [7, 11) is 0. The van der Waals surface area contributed by atoms with Gasteiger partial charge < -0.3 is 5.73 Å². The first kappa shape index (κ1) is 14.3. The number of hydrogen-bond acceptors (Lipinski definition) is 4. The summed E-state index contributed by atoms with van der Waals surface area (Å²) in [5.41, 5.74) is 7.20. The average molecular weight is 294 g/mol. The maximum absolute atomic E-state index is 6.07. The predicted molar refractivity (Wildman–Crippen MR) is 79.6 cm³/mol. The predicted octanol–water partition coefficient (Wildman–Crippen LogP) is 3.56. The molecule has 0 saturated carbocycles. The number of halogens is 1. The van der Waals surface area contributed by atoms with Crippen LogP contribution in [0.25, 0.3) is 0 Å². The SMILES string of the molecule is CCC(N)Cc1cc(Cl)ccc1Sc1cnccn1. The van der Waals surface area contributed by atoms with E-state index in [0.29, 0.717) is 0 Å². The third-order valence-corrected chi connectivity index (χ3v) is 4.06. The van der Waals surface area contributed by atoms with E-state index in [-0.39, 0.29) is 6.04 Å². The summed E-state index contributed by atoms with van der Waals surface area (Å²) in [6.07, 6.45) is 6.87. The Bertz CT molecular complexity index is 533. The molecule has 0 amide bonds. The molecule has 1 heterocycles. The highest BCUT2D eigenvalue weighted by molar-refractivity contribution is 7.99. The van der Waals surface area contributed by atoms with Gasteiger partial charge in [-0.1, -0.05) is 30.3 Å². The van der Waals surface area contributed by atoms with Crippen LogP contribution in [0.15, 0.2) is 46.7 Å². The monoisotopic (exact) mass is 293 g/mol. The molecule has 0 aliphatic rings. The van der Waals surface area contributed by atoms with Crippen molar-refractivity contribution < 1.29 is 0 Å². The minimum Gasteiger partial charge on any atom is -0.327 e. The van der Waals surface area contributed by atoms with E-state index >= 15 is 0 Å². The Morgan fingerprint density at radius 2 is 2.21 bits per heavy atom. The number of hydrogen-bond donors (Lipinski definition) is 1. The second kappa shape index (κ2) is 6.89. The first-order chi connectivity index (χ1) is 9.19. The van der Waals surface area contributed by atoms with Gasteiger partial charge in [-0.05, 0) is 36.6 Å². The lowest BCUT2D eigenvalue weighted by atomic mass is 10.0. The van der Waals surface area contributed by atoms with Gasteiger partial charge in [0.05, 0.1) is 6.20 Å². The Balaban J connectivity index is 2.24. The quantitative estimate of drug-likeness (QED) is 0.916. The van der Waals surface area contributed by atoms with Crippen molar-refractivity contribution in [2.75, 3.05) is 0 Å². The lowest BCUT2D eigenvalue weighted by Crippen LogP contribution is -2.21. The number of nitrogens with zero attached hydrogens (tertiary/aromatic N) is 2. The van der Waals surface area contributed by atoms with Gasteiger partial charge in [-0.25, -0.2) is 4.98 Å². The van der Waals surface area contributed by atoms with Crippen LogP contribution < -0.4 is 5.73 Å². The molecule has 3 nitrogen and oxygen atoms in total. The van der Waals surface area contributed by atoms with E-state index in [1.54, 1.807) is 30.4 Å². The smallest absolute Gasteiger partial charge is 0.119 e. The molecule has 1 atom stereocenters. The molecule has 1 unspecified atom stereocenters. The van der Waals surface area contributed by atoms with Crippen LogP contribution in [0.2, 0.25) is 5.02 Å². The van der Waals surface area contributed by atoms with Crippen LogP contribution >= 0.6 is 23.4 Å². The Kier molecular flexibility index (Phi) is 5.19. The van der Waals surface area contributed by atoms with Crippen molar-refractivity contribution in [3.05, 3.63) is 47.4 Å². The molecule has 100 valence electrons. The number of rotatable bonds is 5. The second-order valence-electron chi connectivity index (χ2n) is 4.27. The molecule has 5 heteroatoms. The van der Waals surface area contributed by atoms with E-state index in [4.69, 9.17) is 17.3 Å². The van der Waals surface area contributed by atoms with E-state index in [0.717, 1.165) is 33.3 Å². The molecule has 1 aromatic carbocycles. The Labute approximate surface area is 122 Å². The van der Waals surface area contributed by atoms with Gasteiger partial charge >= 0.3 is 0 Å². The second-order valence-corrected chi connectivity index (χ2v) is 5.77. The fraction of sp³-hybridized carbons (Fsp3) is 0.286. The highest BCUT2D eigenvalue weighted by Gasteiger charge is 2.09. The molecule has 0 spiro atoms. The summed E-state index contributed by atoms with van der Waals surface area (Å²) < 4.78 is 0. The van der Waals surface area contributed by atoms with Crippen LogP contribution in [0.5, 0.6) is 0 Å². The number of benzene rings is 1. The van der Waals surface area contributed by atoms with Gasteiger partial charge in [0.1, 0.15) is 5.03 Å². The highest BCUT2D eigenvalue weighted by atomic mass is 35.5. The van der Waals surface area contributed by atoms with Crippen LogP contribution in [0.3, 0.4) is 0 Å². The van der Waals surface area contributed by atoms with Crippen molar-refractivity contribution in [3.63, 3.8) is 0 Å². The van der Waals surface area contributed by atoms with Crippen molar-refractivity contribution in [1.82, 2.24) is 9.97 Å². The number of nitrogens with two attached hydrogens (primary N) is 1. The molecule has 1 aromatic heterocycles. The molecule has 0 aliphatic heterocycles. The summed E-state index contributed by atoms with van der Waals surface area (Å²) >= 11 is 7.66. The highest BCUT2D eigenvalue weighted by Crippen LogP contribution is 2.31. The molecule has 2 N–H and O–H groups in total. The van der Waals surface area contributed by atoms with Gasteiger partial charge in [-0.3, -0.25) is 4.98 Å². The van der Waals surface area contributed by atoms with Crippen LogP contribution in [0, 0.1) is 0 Å². The maximum atomic E-state index is 6.07. The normalized spacial score (nSPS) is 12.4. The van der Waals surface area contributed by atoms with Crippen molar-refractivity contribution in [1.29, 1.82) is 0 Å². The van der Waals surface area contributed by atoms with Crippen molar-refractivity contribution in [2.24, 2.45) is 5.73 Å². The molecule has 0 radical (unpaired) electrons. The lowest BCUT2D eigenvalue weighted by molar-refractivity contribution is 0.641. The Morgan fingerprint density at radius 1 is 1.37 bits per heavy atom. The van der Waals surface area contributed by atoms with Gasteiger partial charge in [0, 0.05) is 28.4 Å². The molecular weight excluding hydrogens is 278 g/mol. The molecule has 0 aliphatic carbocycles. The van der Waals surface area contributed by atoms with Crippen molar-refractivity contribution in [3.8, 4) is 0 Å². The largest absolute Gasteiger partial charge is 0.327 e. The van der Waals surface area contributed by atoms with Gasteiger partial charge in [-0.15, -0.1) is 0 Å². The molecule has 0 bridgehead atoms. The van der Waals surface area contributed by atoms with Crippen molar-refractivity contribution in [2.45, 2.75) is 35.7 Å². The molecule has 0 saturated heterocycles. The van der Waals surface area contributed by atoms with Crippen LogP contribution in [0.1, 0.15) is 18.9 Å². The van der Waals surface area contributed by atoms with Gasteiger partial charge in [0.25, 0.3) is 0 Å². The zero-order chi connectivity index (χ0) is 13.7. The van der Waals surface area contributed by atoms with E-state index in [2.05, 4.69) is 16.9 Å². The fourth-order valence-electron chi connectivity index (χ4n) is 1.68. The first-order valence-electron chi connectivity index (χ1n) is 6.17. The first-order valence-corrected chi connectivity index (χ1v) is 7.36. The molecule has 0 fully saturated rings. The van der Waals surface area contributed by atoms with Crippen molar-refractivity contribution >= 4 is 23.4 Å². The van der Waals surface area contributed by atoms with Gasteiger partial charge in [0.2, 0.25) is 0 Å². The summed E-state index contributed by atoms with van der Waals surface area (Å²) in [4.78, 5) is 9.48. The van der Waals surface area contributed by atoms with E-state index < -0.39 is 0 Å². The van der Waals surface area contributed by atoms with E-state index in [1.807, 2.05) is 18.2 Å². The van der Waals surface area contributed by atoms with Gasteiger partial charge in [0.15, 0.2) is 0 Å².